The molecule has 0 aliphatic heterocycles. The quantitative estimate of drug-likeness (QED) is 0.211. The van der Waals surface area contributed by atoms with Crippen LogP contribution in [0.25, 0.3) is 0 Å². The van der Waals surface area contributed by atoms with Crippen molar-refractivity contribution >= 4 is 19.7 Å². The van der Waals surface area contributed by atoms with Crippen LogP contribution in [-0.2, 0) is 32.5 Å². The molecule has 0 aromatic heterocycles. The molecule has 204 valence electrons. The number of allylic oxidation sites excluding steroid dienone is 1. The van der Waals surface area contributed by atoms with Crippen LogP contribution in [0.5, 0.6) is 0 Å². The molecular weight excluding hydrogens is 537 g/mol. The minimum atomic E-state index is -4.10. The Kier molecular flexibility index (Phi) is 9.42. The first-order valence-corrected chi connectivity index (χ1v) is 16.2. The number of hydrogen-bond donors (Lipinski definition) is 0. The van der Waals surface area contributed by atoms with Gasteiger partial charge in [0.2, 0.25) is 9.84 Å². The molecule has 4 aromatic carbocycles. The molecule has 6 heteroatoms. The van der Waals surface area contributed by atoms with E-state index in [4.69, 9.17) is 0 Å². The first-order chi connectivity index (χ1) is 19.1. The normalized spacial score (nSPS) is 12.2. The molecule has 0 aliphatic carbocycles. The van der Waals surface area contributed by atoms with Gasteiger partial charge in [0, 0.05) is 6.42 Å². The van der Waals surface area contributed by atoms with Crippen LogP contribution >= 0.6 is 0 Å². The van der Waals surface area contributed by atoms with Crippen LogP contribution in [0, 0.1) is 25.7 Å². The van der Waals surface area contributed by atoms with Crippen LogP contribution in [0.15, 0.2) is 129 Å². The molecule has 4 aromatic rings. The Balaban J connectivity index is 1.86. The maximum atomic E-state index is 14.1. The maximum Gasteiger partial charge on any atom is 0.214 e. The monoisotopic (exact) mass is 568 g/mol. The Bertz CT molecular complexity index is 1740. The van der Waals surface area contributed by atoms with Crippen molar-refractivity contribution in [3.63, 3.8) is 0 Å². The van der Waals surface area contributed by atoms with Gasteiger partial charge < -0.3 is 0 Å². The van der Waals surface area contributed by atoms with Crippen LogP contribution in [0.3, 0.4) is 0 Å². The summed E-state index contributed by atoms with van der Waals surface area (Å²) in [5, 5.41) is 0. The molecule has 0 heterocycles. The fraction of sp³-hybridized carbons (Fsp3) is 0.176. The van der Waals surface area contributed by atoms with Gasteiger partial charge in [0.25, 0.3) is 0 Å². The Hall–Kier alpha value is -3.92. The molecule has 0 radical (unpaired) electrons. The van der Waals surface area contributed by atoms with Crippen LogP contribution < -0.4 is 0 Å². The highest BCUT2D eigenvalue weighted by Crippen LogP contribution is 2.28. The summed E-state index contributed by atoms with van der Waals surface area (Å²) in [7, 11) is -7.94. The second kappa shape index (κ2) is 13.0. The van der Waals surface area contributed by atoms with Crippen molar-refractivity contribution in [1.29, 1.82) is 0 Å². The third-order valence-electron chi connectivity index (χ3n) is 6.56. The molecule has 0 unspecified atom stereocenters. The fourth-order valence-electron chi connectivity index (χ4n) is 4.25. The molecule has 0 aliphatic rings. The van der Waals surface area contributed by atoms with Crippen molar-refractivity contribution in [2.24, 2.45) is 0 Å². The minimum absolute atomic E-state index is 0.0899. The van der Waals surface area contributed by atoms with Crippen LogP contribution in [0.1, 0.15) is 28.7 Å². The van der Waals surface area contributed by atoms with Crippen molar-refractivity contribution in [3.05, 3.63) is 142 Å². The highest BCUT2D eigenvalue weighted by Gasteiger charge is 2.27. The van der Waals surface area contributed by atoms with Gasteiger partial charge in [-0.15, -0.1) is 0 Å². The lowest BCUT2D eigenvalue weighted by Crippen LogP contribution is -2.15. The Labute approximate surface area is 238 Å². The van der Waals surface area contributed by atoms with Crippen LogP contribution in [0.2, 0.25) is 0 Å². The van der Waals surface area contributed by atoms with Crippen molar-refractivity contribution in [1.82, 2.24) is 0 Å². The van der Waals surface area contributed by atoms with Gasteiger partial charge in [-0.1, -0.05) is 108 Å². The Morgan fingerprint density at radius 3 is 1.68 bits per heavy atom. The van der Waals surface area contributed by atoms with Gasteiger partial charge in [-0.3, -0.25) is 0 Å². The summed E-state index contributed by atoms with van der Waals surface area (Å²) in [5.74, 6) is 5.50. The van der Waals surface area contributed by atoms with Gasteiger partial charge in [0.05, 0.1) is 15.5 Å². The Morgan fingerprint density at radius 2 is 1.12 bits per heavy atom. The zero-order valence-electron chi connectivity index (χ0n) is 22.7. The first kappa shape index (κ1) is 29.1. The van der Waals surface area contributed by atoms with E-state index in [1.54, 1.807) is 48.5 Å². The van der Waals surface area contributed by atoms with Gasteiger partial charge in [0.1, 0.15) is 4.91 Å². The average molecular weight is 569 g/mol. The Morgan fingerprint density at radius 1 is 0.625 bits per heavy atom. The highest BCUT2D eigenvalue weighted by atomic mass is 32.2. The second-order valence-corrected chi connectivity index (χ2v) is 13.6. The van der Waals surface area contributed by atoms with E-state index < -0.39 is 25.4 Å². The van der Waals surface area contributed by atoms with Crippen LogP contribution in [-0.4, -0.2) is 22.6 Å². The summed E-state index contributed by atoms with van der Waals surface area (Å²) in [5.41, 5.74) is 4.07. The first-order valence-electron chi connectivity index (χ1n) is 13.0. The highest BCUT2D eigenvalue weighted by molar-refractivity contribution is 7.95. The zero-order valence-corrected chi connectivity index (χ0v) is 24.3. The van der Waals surface area contributed by atoms with E-state index in [1.807, 2.05) is 74.5 Å². The number of rotatable bonds is 9. The molecule has 0 spiro atoms. The third-order valence-corrected chi connectivity index (χ3v) is 10.1. The summed E-state index contributed by atoms with van der Waals surface area (Å²) in [6, 6.07) is 32.3. The van der Waals surface area contributed by atoms with Crippen molar-refractivity contribution in [3.8, 4) is 11.8 Å². The van der Waals surface area contributed by atoms with Gasteiger partial charge in [-0.2, -0.15) is 0 Å². The number of hydrogen-bond acceptors (Lipinski definition) is 4. The SMILES string of the molecule is Cc1ccc(S(=O)(=O)C/C(CCc2ccccc2)=C(/C#CCc2ccccc2)S(=O)(=O)c2ccc(C)cc2)cc1. The smallest absolute Gasteiger partial charge is 0.214 e. The number of aryl methyl sites for hydroxylation is 3. The molecular formula is C34H32O4S2. The fourth-order valence-corrected chi connectivity index (χ4v) is 7.30. The number of sulfone groups is 2. The molecule has 4 nitrogen and oxygen atoms in total. The number of benzene rings is 4. The standard InChI is InChI=1S/C34H32O4S2/c1-27-16-22-32(23-17-27)39(35,36)26-31(21-20-30-12-7-4-8-13-30)34(15-9-14-29-10-5-3-6-11-29)40(37,38)33-24-18-28(2)19-25-33/h3-8,10-13,16-19,22-25H,14,20-21,26H2,1-2H3/b34-31-. The molecule has 0 N–H and O–H groups in total. The minimum Gasteiger partial charge on any atom is -0.223 e. The summed E-state index contributed by atoms with van der Waals surface area (Å²) >= 11 is 0. The summed E-state index contributed by atoms with van der Waals surface area (Å²) in [6.07, 6.45) is 1.05. The lowest BCUT2D eigenvalue weighted by molar-refractivity contribution is 0.597. The van der Waals surface area contributed by atoms with Crippen molar-refractivity contribution in [2.45, 2.75) is 42.9 Å². The molecule has 0 fully saturated rings. The molecule has 0 saturated heterocycles. The van der Waals surface area contributed by atoms with Crippen molar-refractivity contribution < 1.29 is 16.8 Å². The molecule has 40 heavy (non-hydrogen) atoms. The molecule has 0 saturated carbocycles. The molecule has 4 rings (SSSR count). The predicted molar refractivity (Wildman–Crippen MR) is 161 cm³/mol. The van der Waals surface area contributed by atoms with E-state index in [0.29, 0.717) is 12.8 Å². The van der Waals surface area contributed by atoms with E-state index in [2.05, 4.69) is 11.8 Å². The van der Waals surface area contributed by atoms with Gasteiger partial charge >= 0.3 is 0 Å². The zero-order chi connectivity index (χ0) is 28.6. The molecule has 0 amide bonds. The summed E-state index contributed by atoms with van der Waals surface area (Å²) < 4.78 is 55.3. The van der Waals surface area contributed by atoms with E-state index >= 15 is 0 Å². The van der Waals surface area contributed by atoms with Crippen LogP contribution in [0.4, 0.5) is 0 Å². The topological polar surface area (TPSA) is 68.3 Å². The second-order valence-electron chi connectivity index (χ2n) is 9.77. The van der Waals surface area contributed by atoms with E-state index in [-0.39, 0.29) is 26.7 Å². The molecule has 0 atom stereocenters. The summed E-state index contributed by atoms with van der Waals surface area (Å²) in [6.45, 7) is 3.77. The maximum absolute atomic E-state index is 14.1. The van der Waals surface area contributed by atoms with E-state index in [9.17, 15) is 16.8 Å². The van der Waals surface area contributed by atoms with E-state index in [0.717, 1.165) is 22.3 Å². The van der Waals surface area contributed by atoms with Gasteiger partial charge in [-0.25, -0.2) is 16.8 Å². The lowest BCUT2D eigenvalue weighted by Gasteiger charge is -2.14. The van der Waals surface area contributed by atoms with Crippen molar-refractivity contribution in [2.75, 3.05) is 5.75 Å². The average Bonchev–Trinajstić information content (AvgIpc) is 2.95. The predicted octanol–water partition coefficient (Wildman–Crippen LogP) is 6.68. The lowest BCUT2D eigenvalue weighted by atomic mass is 10.1. The van der Waals surface area contributed by atoms with E-state index in [1.165, 1.54) is 0 Å². The third kappa shape index (κ3) is 7.59. The molecule has 0 bridgehead atoms. The van der Waals surface area contributed by atoms with Gasteiger partial charge in [-0.05, 0) is 67.7 Å². The van der Waals surface area contributed by atoms with Gasteiger partial charge in [0.15, 0.2) is 9.84 Å². The summed E-state index contributed by atoms with van der Waals surface area (Å²) in [4.78, 5) is 0.102. The largest absolute Gasteiger partial charge is 0.223 e.